The summed E-state index contributed by atoms with van der Waals surface area (Å²) in [6.45, 7) is 1.13. The molecule has 0 aliphatic rings. The zero-order chi connectivity index (χ0) is 21.5. The lowest BCUT2D eigenvalue weighted by molar-refractivity contribution is -0.116. The van der Waals surface area contributed by atoms with E-state index in [0.29, 0.717) is 48.8 Å². The molecule has 3 aromatic heterocycles. The van der Waals surface area contributed by atoms with Gasteiger partial charge in [0.05, 0.1) is 31.9 Å². The van der Waals surface area contributed by atoms with Crippen LogP contribution in [0.2, 0.25) is 0 Å². The number of benzene rings is 1. The van der Waals surface area contributed by atoms with Crippen LogP contribution in [-0.2, 0) is 24.4 Å². The Balaban J connectivity index is 1.44. The number of imidazole rings is 1. The fraction of sp³-hybridized carbons (Fsp3) is 0.174. The molecule has 4 rings (SSSR count). The summed E-state index contributed by atoms with van der Waals surface area (Å²) in [6.07, 6.45) is 8.59. The normalized spacial score (nSPS) is 10.7. The predicted octanol–water partition coefficient (Wildman–Crippen LogP) is 3.94. The number of nitrogens with one attached hydrogen (secondary N) is 1. The number of hydrogen-bond donors (Lipinski definition) is 1. The van der Waals surface area contributed by atoms with E-state index in [1.54, 1.807) is 72.5 Å². The van der Waals surface area contributed by atoms with E-state index in [1.807, 2.05) is 16.7 Å². The predicted molar refractivity (Wildman–Crippen MR) is 113 cm³/mol. The Bertz CT molecular complexity index is 1070. The van der Waals surface area contributed by atoms with Crippen LogP contribution in [0.5, 0.6) is 0 Å². The van der Waals surface area contributed by atoms with Gasteiger partial charge in [0.2, 0.25) is 5.91 Å². The molecule has 158 valence electrons. The van der Waals surface area contributed by atoms with Gasteiger partial charge in [-0.25, -0.2) is 4.98 Å². The van der Waals surface area contributed by atoms with Crippen molar-refractivity contribution in [2.75, 3.05) is 5.32 Å². The van der Waals surface area contributed by atoms with Crippen molar-refractivity contribution in [2.24, 2.45) is 0 Å². The summed E-state index contributed by atoms with van der Waals surface area (Å²) in [4.78, 5) is 31.1. The lowest BCUT2D eigenvalue weighted by Gasteiger charge is -2.21. The minimum Gasteiger partial charge on any atom is -0.467 e. The van der Waals surface area contributed by atoms with Gasteiger partial charge in [0.1, 0.15) is 11.5 Å². The lowest BCUT2D eigenvalue weighted by atomic mass is 10.1. The minimum atomic E-state index is -0.192. The smallest absolute Gasteiger partial charge is 0.254 e. The van der Waals surface area contributed by atoms with Crippen molar-refractivity contribution < 1.29 is 18.4 Å². The minimum absolute atomic E-state index is 0.138. The highest BCUT2D eigenvalue weighted by Crippen LogP contribution is 2.18. The second-order valence-corrected chi connectivity index (χ2v) is 7.00. The van der Waals surface area contributed by atoms with Crippen LogP contribution < -0.4 is 5.32 Å². The molecule has 0 atom stereocenters. The second kappa shape index (κ2) is 9.62. The van der Waals surface area contributed by atoms with Crippen LogP contribution in [0, 0.1) is 0 Å². The standard InChI is InChI=1S/C23H22N4O4/c28-22(8-10-26-11-9-24-17-26)25-19-5-1-4-18(14-19)23(29)27(15-20-6-2-12-30-20)16-21-7-3-13-31-21/h1-7,9,11-14,17H,8,10,15-16H2,(H,25,28). The molecule has 8 nitrogen and oxygen atoms in total. The molecule has 0 saturated carbocycles. The van der Waals surface area contributed by atoms with Crippen LogP contribution in [0.15, 0.2) is 88.6 Å². The zero-order valence-corrected chi connectivity index (χ0v) is 16.8. The van der Waals surface area contributed by atoms with Crippen molar-refractivity contribution >= 4 is 17.5 Å². The van der Waals surface area contributed by atoms with Gasteiger partial charge < -0.3 is 23.6 Å². The van der Waals surface area contributed by atoms with Crippen molar-refractivity contribution in [1.82, 2.24) is 14.5 Å². The molecule has 8 heteroatoms. The zero-order valence-electron chi connectivity index (χ0n) is 16.8. The van der Waals surface area contributed by atoms with Gasteiger partial charge in [0.15, 0.2) is 0 Å². The van der Waals surface area contributed by atoms with Crippen LogP contribution >= 0.6 is 0 Å². The Morgan fingerprint density at radius 2 is 1.74 bits per heavy atom. The largest absolute Gasteiger partial charge is 0.467 e. The van der Waals surface area contributed by atoms with E-state index >= 15 is 0 Å². The van der Waals surface area contributed by atoms with Crippen LogP contribution in [0.25, 0.3) is 0 Å². The molecule has 1 N–H and O–H groups in total. The van der Waals surface area contributed by atoms with Gasteiger partial charge in [-0.1, -0.05) is 6.07 Å². The van der Waals surface area contributed by atoms with E-state index in [-0.39, 0.29) is 11.8 Å². The molecule has 0 unspecified atom stereocenters. The van der Waals surface area contributed by atoms with E-state index in [4.69, 9.17) is 8.83 Å². The van der Waals surface area contributed by atoms with E-state index < -0.39 is 0 Å². The summed E-state index contributed by atoms with van der Waals surface area (Å²) in [5.74, 6) is 1.01. The molecule has 0 spiro atoms. The number of carbonyl (C=O) groups is 2. The summed E-state index contributed by atoms with van der Waals surface area (Å²) in [7, 11) is 0. The maximum atomic E-state index is 13.2. The van der Waals surface area contributed by atoms with Crippen molar-refractivity contribution in [2.45, 2.75) is 26.1 Å². The molecule has 0 aliphatic carbocycles. The van der Waals surface area contributed by atoms with Crippen molar-refractivity contribution in [1.29, 1.82) is 0 Å². The maximum absolute atomic E-state index is 13.2. The third-order valence-corrected chi connectivity index (χ3v) is 4.69. The SMILES string of the molecule is O=C(CCn1ccnc1)Nc1cccc(C(=O)N(Cc2ccco2)Cc2ccco2)c1. The molecule has 0 radical (unpaired) electrons. The van der Waals surface area contributed by atoms with Gasteiger partial charge in [0.25, 0.3) is 5.91 Å². The van der Waals surface area contributed by atoms with Crippen molar-refractivity contribution in [3.63, 3.8) is 0 Å². The number of amides is 2. The summed E-state index contributed by atoms with van der Waals surface area (Å²) >= 11 is 0. The average molecular weight is 418 g/mol. The summed E-state index contributed by atoms with van der Waals surface area (Å²) in [6, 6.07) is 14.1. The van der Waals surface area contributed by atoms with E-state index in [2.05, 4.69) is 10.3 Å². The Morgan fingerprint density at radius 3 is 2.35 bits per heavy atom. The maximum Gasteiger partial charge on any atom is 0.254 e. The Hall–Kier alpha value is -4.07. The third kappa shape index (κ3) is 5.51. The summed E-state index contributed by atoms with van der Waals surface area (Å²) in [5.41, 5.74) is 1.03. The van der Waals surface area contributed by atoms with Crippen LogP contribution in [0.4, 0.5) is 5.69 Å². The molecule has 3 heterocycles. The van der Waals surface area contributed by atoms with Crippen LogP contribution in [0.3, 0.4) is 0 Å². The lowest BCUT2D eigenvalue weighted by Crippen LogP contribution is -2.30. The molecule has 2 amide bonds. The fourth-order valence-electron chi connectivity index (χ4n) is 3.17. The number of rotatable bonds is 9. The number of furan rings is 2. The van der Waals surface area contributed by atoms with Gasteiger partial charge in [-0.05, 0) is 42.5 Å². The number of carbonyl (C=O) groups excluding carboxylic acids is 2. The van der Waals surface area contributed by atoms with Crippen molar-refractivity contribution in [3.8, 4) is 0 Å². The van der Waals surface area contributed by atoms with Crippen LogP contribution in [-0.4, -0.2) is 26.3 Å². The second-order valence-electron chi connectivity index (χ2n) is 7.00. The molecule has 4 aromatic rings. The third-order valence-electron chi connectivity index (χ3n) is 4.69. The average Bonchev–Trinajstić information content (AvgIpc) is 3.55. The number of aromatic nitrogens is 2. The topological polar surface area (TPSA) is 93.5 Å². The first-order chi connectivity index (χ1) is 15.2. The van der Waals surface area contributed by atoms with Crippen LogP contribution in [0.1, 0.15) is 28.3 Å². The number of anilines is 1. The highest BCUT2D eigenvalue weighted by atomic mass is 16.3. The molecule has 0 aliphatic heterocycles. The van der Waals surface area contributed by atoms with Crippen molar-refractivity contribution in [3.05, 3.63) is 96.9 Å². The highest BCUT2D eigenvalue weighted by Gasteiger charge is 2.19. The van der Waals surface area contributed by atoms with E-state index in [0.717, 1.165) is 0 Å². The molecule has 1 aromatic carbocycles. The molecular formula is C23H22N4O4. The Morgan fingerprint density at radius 1 is 1.00 bits per heavy atom. The number of nitrogens with zero attached hydrogens (tertiary/aromatic N) is 3. The quantitative estimate of drug-likeness (QED) is 0.444. The van der Waals surface area contributed by atoms with Gasteiger partial charge in [0, 0.05) is 36.6 Å². The van der Waals surface area contributed by atoms with Gasteiger partial charge >= 0.3 is 0 Å². The number of hydrogen-bond acceptors (Lipinski definition) is 5. The Labute approximate surface area is 179 Å². The summed E-state index contributed by atoms with van der Waals surface area (Å²) < 4.78 is 12.7. The highest BCUT2D eigenvalue weighted by molar-refractivity contribution is 5.97. The van der Waals surface area contributed by atoms with Gasteiger partial charge in [-0.15, -0.1) is 0 Å². The first kappa shape index (κ1) is 20.2. The fourth-order valence-corrected chi connectivity index (χ4v) is 3.17. The first-order valence-electron chi connectivity index (χ1n) is 9.87. The van der Waals surface area contributed by atoms with Gasteiger partial charge in [-0.3, -0.25) is 9.59 Å². The van der Waals surface area contributed by atoms with Gasteiger partial charge in [-0.2, -0.15) is 0 Å². The molecule has 0 fully saturated rings. The molecule has 31 heavy (non-hydrogen) atoms. The van der Waals surface area contributed by atoms with E-state index in [9.17, 15) is 9.59 Å². The first-order valence-corrected chi connectivity index (χ1v) is 9.87. The monoisotopic (exact) mass is 418 g/mol. The molecule has 0 saturated heterocycles. The molecular weight excluding hydrogens is 396 g/mol. The van der Waals surface area contributed by atoms with E-state index in [1.165, 1.54) is 0 Å². The summed E-state index contributed by atoms with van der Waals surface area (Å²) in [5, 5.41) is 2.85. The Kier molecular flexibility index (Phi) is 6.27. The molecule has 0 bridgehead atoms. The number of aryl methyl sites for hydroxylation is 1.